The highest BCUT2D eigenvalue weighted by molar-refractivity contribution is 7.15. The van der Waals surface area contributed by atoms with Gasteiger partial charge in [0.15, 0.2) is 5.13 Å². The van der Waals surface area contributed by atoms with E-state index in [4.69, 9.17) is 9.47 Å². The molecule has 4 rings (SSSR count). The van der Waals surface area contributed by atoms with Gasteiger partial charge in [0.05, 0.1) is 19.9 Å². The molecule has 7 heteroatoms. The smallest absolute Gasteiger partial charge is 0.257 e. The van der Waals surface area contributed by atoms with E-state index in [-0.39, 0.29) is 5.91 Å². The maximum atomic E-state index is 12.7. The van der Waals surface area contributed by atoms with Crippen molar-refractivity contribution in [3.8, 4) is 11.5 Å². The number of aromatic nitrogens is 1. The minimum Gasteiger partial charge on any atom is -0.497 e. The van der Waals surface area contributed by atoms with E-state index in [1.54, 1.807) is 43.8 Å². The van der Waals surface area contributed by atoms with Gasteiger partial charge in [0.1, 0.15) is 11.5 Å². The summed E-state index contributed by atoms with van der Waals surface area (Å²) in [5.41, 5.74) is 2.86. The van der Waals surface area contributed by atoms with Crippen LogP contribution in [0.1, 0.15) is 26.5 Å². The fourth-order valence-corrected chi connectivity index (χ4v) is 4.43. The molecule has 1 aliphatic heterocycles. The van der Waals surface area contributed by atoms with Crippen molar-refractivity contribution in [3.63, 3.8) is 0 Å². The summed E-state index contributed by atoms with van der Waals surface area (Å²) in [6.07, 6.45) is 0.890. The Hall–Kier alpha value is -2.90. The zero-order valence-corrected chi connectivity index (χ0v) is 17.3. The van der Waals surface area contributed by atoms with Crippen molar-refractivity contribution in [3.05, 3.63) is 70.2 Å². The van der Waals surface area contributed by atoms with E-state index >= 15 is 0 Å². The van der Waals surface area contributed by atoms with Crippen molar-refractivity contribution < 1.29 is 14.3 Å². The lowest BCUT2D eigenvalue weighted by Gasteiger charge is -2.25. The van der Waals surface area contributed by atoms with Gasteiger partial charge in [0, 0.05) is 42.6 Å². The Morgan fingerprint density at radius 2 is 1.86 bits per heavy atom. The van der Waals surface area contributed by atoms with Gasteiger partial charge in [-0.2, -0.15) is 0 Å². The first kappa shape index (κ1) is 19.4. The van der Waals surface area contributed by atoms with E-state index in [1.165, 1.54) is 10.4 Å². The van der Waals surface area contributed by atoms with Gasteiger partial charge in [0.2, 0.25) is 0 Å². The Kier molecular flexibility index (Phi) is 5.78. The van der Waals surface area contributed by atoms with Crippen LogP contribution in [0.15, 0.2) is 48.5 Å². The molecule has 150 valence electrons. The Balaban J connectivity index is 1.45. The van der Waals surface area contributed by atoms with Gasteiger partial charge in [-0.3, -0.25) is 15.0 Å². The number of methoxy groups -OCH3 is 2. The second-order valence-corrected chi connectivity index (χ2v) is 7.97. The zero-order chi connectivity index (χ0) is 20.2. The zero-order valence-electron chi connectivity index (χ0n) is 16.5. The molecule has 1 aromatic heterocycles. The molecule has 0 atom stereocenters. The van der Waals surface area contributed by atoms with E-state index in [1.807, 2.05) is 6.07 Å². The van der Waals surface area contributed by atoms with Gasteiger partial charge in [-0.15, -0.1) is 11.3 Å². The van der Waals surface area contributed by atoms with Crippen molar-refractivity contribution >= 4 is 22.4 Å². The number of nitrogens with zero attached hydrogens (tertiary/aromatic N) is 2. The third-order valence-corrected chi connectivity index (χ3v) is 5.89. The van der Waals surface area contributed by atoms with Crippen LogP contribution < -0.4 is 14.8 Å². The summed E-state index contributed by atoms with van der Waals surface area (Å²) in [6, 6.07) is 15.6. The first-order valence-corrected chi connectivity index (χ1v) is 10.3. The second kappa shape index (κ2) is 8.63. The molecule has 2 aromatic carbocycles. The van der Waals surface area contributed by atoms with Gasteiger partial charge in [-0.1, -0.05) is 30.3 Å². The van der Waals surface area contributed by atoms with E-state index in [0.717, 1.165) is 31.7 Å². The van der Waals surface area contributed by atoms with Crippen molar-refractivity contribution in [2.24, 2.45) is 0 Å². The van der Waals surface area contributed by atoms with Crippen LogP contribution in [0.4, 0.5) is 5.13 Å². The molecule has 0 bridgehead atoms. The number of hydrogen-bond donors (Lipinski definition) is 1. The molecule has 1 aliphatic rings. The predicted molar refractivity (Wildman–Crippen MR) is 114 cm³/mol. The van der Waals surface area contributed by atoms with E-state index < -0.39 is 0 Å². The van der Waals surface area contributed by atoms with Crippen LogP contribution >= 0.6 is 11.3 Å². The summed E-state index contributed by atoms with van der Waals surface area (Å²) < 4.78 is 10.5. The number of carbonyl (C=O) groups excluding carboxylic acids is 1. The molecule has 0 fully saturated rings. The normalized spacial score (nSPS) is 13.6. The topological polar surface area (TPSA) is 63.7 Å². The highest BCUT2D eigenvalue weighted by Crippen LogP contribution is 2.30. The van der Waals surface area contributed by atoms with Crippen LogP contribution in [0.5, 0.6) is 11.5 Å². The lowest BCUT2D eigenvalue weighted by molar-refractivity contribution is 0.102. The monoisotopic (exact) mass is 409 g/mol. The van der Waals surface area contributed by atoms with Crippen LogP contribution in [0.25, 0.3) is 0 Å². The molecule has 0 aliphatic carbocycles. The summed E-state index contributed by atoms with van der Waals surface area (Å²) >= 11 is 1.55. The Bertz CT molecular complexity index is 982. The largest absolute Gasteiger partial charge is 0.497 e. The Morgan fingerprint density at radius 3 is 2.55 bits per heavy atom. The summed E-state index contributed by atoms with van der Waals surface area (Å²) in [6.45, 7) is 2.74. The SMILES string of the molecule is COc1cc(OC)cc(C(=O)Nc2nc3c(s2)CN(Cc2ccccc2)CC3)c1. The first-order chi connectivity index (χ1) is 14.1. The molecular weight excluding hydrogens is 386 g/mol. The third-order valence-electron chi connectivity index (χ3n) is 4.89. The van der Waals surface area contributed by atoms with Crippen LogP contribution in [0, 0.1) is 0 Å². The number of ether oxygens (including phenoxy) is 2. The molecule has 0 spiro atoms. The number of thiazole rings is 1. The Morgan fingerprint density at radius 1 is 1.14 bits per heavy atom. The molecule has 2 heterocycles. The average Bonchev–Trinajstić information content (AvgIpc) is 3.15. The number of nitrogens with one attached hydrogen (secondary N) is 1. The standard InChI is InChI=1S/C22H23N3O3S/c1-27-17-10-16(11-18(12-17)28-2)21(26)24-22-23-19-8-9-25(14-20(19)29-22)13-15-6-4-3-5-7-15/h3-7,10-12H,8-9,13-14H2,1-2H3,(H,23,24,26). The molecule has 29 heavy (non-hydrogen) atoms. The lowest BCUT2D eigenvalue weighted by atomic mass is 10.1. The van der Waals surface area contributed by atoms with Crippen LogP contribution in [-0.2, 0) is 19.5 Å². The van der Waals surface area contributed by atoms with Crippen molar-refractivity contribution in [1.82, 2.24) is 9.88 Å². The van der Waals surface area contributed by atoms with Gasteiger partial charge in [0.25, 0.3) is 5.91 Å². The fraction of sp³-hybridized carbons (Fsp3) is 0.273. The van der Waals surface area contributed by atoms with Gasteiger partial charge < -0.3 is 9.47 Å². The molecular formula is C22H23N3O3S. The van der Waals surface area contributed by atoms with Crippen molar-refractivity contribution in [2.75, 3.05) is 26.1 Å². The molecule has 1 N–H and O–H groups in total. The van der Waals surface area contributed by atoms with Crippen LogP contribution in [0.3, 0.4) is 0 Å². The molecule has 3 aromatic rings. The molecule has 0 saturated carbocycles. The number of benzene rings is 2. The molecule has 0 unspecified atom stereocenters. The van der Waals surface area contributed by atoms with Gasteiger partial charge in [-0.25, -0.2) is 4.98 Å². The predicted octanol–water partition coefficient (Wildman–Crippen LogP) is 3.97. The van der Waals surface area contributed by atoms with Crippen LogP contribution in [-0.4, -0.2) is 36.6 Å². The number of fused-ring (bicyclic) bond motifs is 1. The highest BCUT2D eigenvalue weighted by atomic mass is 32.1. The molecule has 0 saturated heterocycles. The van der Waals surface area contributed by atoms with E-state index in [9.17, 15) is 4.79 Å². The number of hydrogen-bond acceptors (Lipinski definition) is 6. The maximum absolute atomic E-state index is 12.7. The summed E-state index contributed by atoms with van der Waals surface area (Å²) in [5.74, 6) is 0.920. The molecule has 0 radical (unpaired) electrons. The number of rotatable bonds is 6. The first-order valence-electron chi connectivity index (χ1n) is 9.44. The highest BCUT2D eigenvalue weighted by Gasteiger charge is 2.22. The Labute approximate surface area is 174 Å². The minimum absolute atomic E-state index is 0.227. The third kappa shape index (κ3) is 4.58. The van der Waals surface area contributed by atoms with Gasteiger partial charge >= 0.3 is 0 Å². The van der Waals surface area contributed by atoms with Crippen molar-refractivity contribution in [1.29, 1.82) is 0 Å². The second-order valence-electron chi connectivity index (χ2n) is 6.89. The summed E-state index contributed by atoms with van der Waals surface area (Å²) in [7, 11) is 3.12. The minimum atomic E-state index is -0.227. The van der Waals surface area contributed by atoms with E-state index in [0.29, 0.717) is 22.2 Å². The van der Waals surface area contributed by atoms with Gasteiger partial charge in [-0.05, 0) is 17.7 Å². The number of anilines is 1. The maximum Gasteiger partial charge on any atom is 0.257 e. The molecule has 1 amide bonds. The van der Waals surface area contributed by atoms with Crippen LogP contribution in [0.2, 0.25) is 0 Å². The average molecular weight is 410 g/mol. The fourth-order valence-electron chi connectivity index (χ4n) is 3.39. The lowest BCUT2D eigenvalue weighted by Crippen LogP contribution is -2.29. The van der Waals surface area contributed by atoms with Crippen molar-refractivity contribution in [2.45, 2.75) is 19.5 Å². The summed E-state index contributed by atoms with van der Waals surface area (Å²) in [5, 5.41) is 3.55. The summed E-state index contributed by atoms with van der Waals surface area (Å²) in [4.78, 5) is 21.0. The quantitative estimate of drug-likeness (QED) is 0.667. The number of carbonyl (C=O) groups is 1. The number of amides is 1. The molecule has 6 nitrogen and oxygen atoms in total. The van der Waals surface area contributed by atoms with E-state index in [2.05, 4.69) is 39.5 Å².